The van der Waals surface area contributed by atoms with Crippen LogP contribution in [0.15, 0.2) is 60.7 Å². The van der Waals surface area contributed by atoms with Crippen LogP contribution in [0.2, 0.25) is 5.04 Å². The van der Waals surface area contributed by atoms with Crippen molar-refractivity contribution in [3.8, 4) is 0 Å². The topological polar surface area (TPSA) is 52.6 Å². The van der Waals surface area contributed by atoms with Crippen molar-refractivity contribution in [2.45, 2.75) is 63.7 Å². The van der Waals surface area contributed by atoms with E-state index in [1.165, 1.54) is 10.4 Å². The number of rotatable bonds is 8. The minimum absolute atomic E-state index is 0.169. The molecule has 2 atom stereocenters. The van der Waals surface area contributed by atoms with Gasteiger partial charge < -0.3 is 14.0 Å². The summed E-state index contributed by atoms with van der Waals surface area (Å²) in [5.41, 5.74) is 0. The van der Waals surface area contributed by atoms with Gasteiger partial charge in [0.05, 0.1) is 6.10 Å². The van der Waals surface area contributed by atoms with Crippen molar-refractivity contribution in [1.82, 2.24) is 0 Å². The first kappa shape index (κ1) is 21.5. The molecule has 2 aromatic rings. The van der Waals surface area contributed by atoms with Crippen LogP contribution in [-0.4, -0.2) is 32.8 Å². The van der Waals surface area contributed by atoms with Gasteiger partial charge in [-0.05, 0) is 28.3 Å². The molecule has 0 aliphatic carbocycles. The number of carbonyl (C=O) groups is 2. The molecule has 0 spiro atoms. The summed E-state index contributed by atoms with van der Waals surface area (Å²) in [6, 6.07) is 20.8. The molecule has 0 saturated carbocycles. The van der Waals surface area contributed by atoms with Gasteiger partial charge in [-0.3, -0.25) is 4.79 Å². The molecule has 0 radical (unpaired) electrons. The normalized spacial score (nSPS) is 18.3. The highest BCUT2D eigenvalue weighted by Crippen LogP contribution is 2.39. The monoisotopic (exact) mass is 410 g/mol. The van der Waals surface area contributed by atoms with Gasteiger partial charge in [0.2, 0.25) is 0 Å². The Morgan fingerprint density at radius 3 is 2.03 bits per heavy atom. The second-order valence-corrected chi connectivity index (χ2v) is 12.9. The minimum atomic E-state index is -2.76. The van der Waals surface area contributed by atoms with Crippen LogP contribution in [0.25, 0.3) is 0 Å². The van der Waals surface area contributed by atoms with E-state index >= 15 is 0 Å². The van der Waals surface area contributed by atoms with Crippen LogP contribution in [0.3, 0.4) is 0 Å². The second-order valence-electron chi connectivity index (χ2n) is 8.63. The summed E-state index contributed by atoms with van der Waals surface area (Å²) < 4.78 is 12.7. The lowest BCUT2D eigenvalue weighted by Gasteiger charge is -2.46. The van der Waals surface area contributed by atoms with E-state index in [-0.39, 0.29) is 23.2 Å². The van der Waals surface area contributed by atoms with E-state index < -0.39 is 8.32 Å². The summed E-state index contributed by atoms with van der Waals surface area (Å²) >= 11 is 0. The summed E-state index contributed by atoms with van der Waals surface area (Å²) in [4.78, 5) is 22.9. The highest BCUT2D eigenvalue weighted by molar-refractivity contribution is 6.99. The van der Waals surface area contributed by atoms with E-state index in [0.29, 0.717) is 25.7 Å². The molecule has 1 aliphatic heterocycles. The third-order valence-electron chi connectivity index (χ3n) is 5.64. The summed E-state index contributed by atoms with van der Waals surface area (Å²) in [5.74, 6) is -0.183. The molecule has 5 heteroatoms. The fraction of sp³-hybridized carbons (Fsp3) is 0.417. The van der Waals surface area contributed by atoms with Crippen LogP contribution in [-0.2, 0) is 18.8 Å². The van der Waals surface area contributed by atoms with Crippen LogP contribution < -0.4 is 10.4 Å². The van der Waals surface area contributed by atoms with Gasteiger partial charge in [-0.15, -0.1) is 0 Å². The van der Waals surface area contributed by atoms with E-state index in [1.807, 2.05) is 36.4 Å². The van der Waals surface area contributed by atoms with Gasteiger partial charge in [0.1, 0.15) is 12.4 Å². The third kappa shape index (κ3) is 4.51. The molecule has 29 heavy (non-hydrogen) atoms. The van der Waals surface area contributed by atoms with Crippen molar-refractivity contribution >= 4 is 30.9 Å². The zero-order valence-electron chi connectivity index (χ0n) is 17.5. The van der Waals surface area contributed by atoms with Crippen molar-refractivity contribution < 1.29 is 18.8 Å². The summed E-state index contributed by atoms with van der Waals surface area (Å²) in [5, 5.41) is 2.19. The van der Waals surface area contributed by atoms with Crippen LogP contribution in [0, 0.1) is 0 Å². The number of ether oxygens (including phenoxy) is 1. The Hall–Kier alpha value is -2.24. The molecule has 0 unspecified atom stereocenters. The molecule has 4 nitrogen and oxygen atoms in total. The highest BCUT2D eigenvalue weighted by atomic mass is 28.4. The van der Waals surface area contributed by atoms with Gasteiger partial charge in [-0.25, -0.2) is 0 Å². The van der Waals surface area contributed by atoms with E-state index in [0.717, 1.165) is 6.29 Å². The smallest absolute Gasteiger partial charge is 0.306 e. The quantitative estimate of drug-likeness (QED) is 0.379. The van der Waals surface area contributed by atoms with Crippen molar-refractivity contribution in [1.29, 1.82) is 0 Å². The predicted octanol–water partition coefficient (Wildman–Crippen LogP) is 3.62. The van der Waals surface area contributed by atoms with Crippen LogP contribution in [0.1, 0.15) is 46.5 Å². The Balaban J connectivity index is 2.12. The molecule has 2 aromatic carbocycles. The third-order valence-corrected chi connectivity index (χ3v) is 10.7. The number of cyclic esters (lactones) is 1. The van der Waals surface area contributed by atoms with Gasteiger partial charge in [0.15, 0.2) is 0 Å². The van der Waals surface area contributed by atoms with E-state index in [9.17, 15) is 9.59 Å². The zero-order chi connectivity index (χ0) is 20.9. The first-order chi connectivity index (χ1) is 13.9. The van der Waals surface area contributed by atoms with E-state index in [2.05, 4.69) is 45.0 Å². The average Bonchev–Trinajstić information content (AvgIpc) is 3.15. The fourth-order valence-corrected chi connectivity index (χ4v) is 9.02. The largest absolute Gasteiger partial charge is 0.460 e. The maximum Gasteiger partial charge on any atom is 0.306 e. The number of esters is 1. The molecule has 1 fully saturated rings. The summed E-state index contributed by atoms with van der Waals surface area (Å²) in [7, 11) is -2.76. The van der Waals surface area contributed by atoms with Gasteiger partial charge in [0, 0.05) is 12.8 Å². The number of carbonyl (C=O) groups excluding carboxylic acids is 2. The lowest BCUT2D eigenvalue weighted by atomic mass is 10.1. The van der Waals surface area contributed by atoms with Crippen molar-refractivity contribution in [3.05, 3.63) is 60.7 Å². The molecule has 154 valence electrons. The molecule has 0 bridgehead atoms. The molecular formula is C24H30O4Si. The van der Waals surface area contributed by atoms with E-state index in [1.54, 1.807) is 0 Å². The summed E-state index contributed by atoms with van der Waals surface area (Å²) in [6.07, 6.45) is 2.29. The average molecular weight is 411 g/mol. The number of benzene rings is 2. The Bertz CT molecular complexity index is 774. The first-order valence-corrected chi connectivity index (χ1v) is 12.2. The molecule has 0 amide bonds. The van der Waals surface area contributed by atoms with Crippen molar-refractivity contribution in [2.24, 2.45) is 0 Å². The molecule has 1 aliphatic rings. The van der Waals surface area contributed by atoms with Crippen LogP contribution in [0.4, 0.5) is 0 Å². The Labute approximate surface area is 174 Å². The zero-order valence-corrected chi connectivity index (χ0v) is 18.5. The molecule has 3 rings (SSSR count). The molecule has 1 heterocycles. The maximum atomic E-state index is 11.8. The summed E-state index contributed by atoms with van der Waals surface area (Å²) in [6.45, 7) is 6.66. The predicted molar refractivity (Wildman–Crippen MR) is 117 cm³/mol. The Morgan fingerprint density at radius 2 is 1.62 bits per heavy atom. The SMILES string of the molecule is CC(C)(C)[Si](O[C@@H](CCC=O)[C@H]1CCC(=O)O1)(c1ccccc1)c1ccccc1. The lowest BCUT2D eigenvalue weighted by Crippen LogP contribution is -2.68. The highest BCUT2D eigenvalue weighted by Gasteiger charge is 2.52. The molecule has 1 saturated heterocycles. The van der Waals surface area contributed by atoms with Gasteiger partial charge in [-0.1, -0.05) is 81.4 Å². The standard InChI is InChI=1S/C24H30O4Si/c1-24(2,3)29(19-11-6-4-7-12-19,20-13-8-5-9-14-20)28-22(15-10-18-25)21-16-17-23(26)27-21/h4-9,11-14,18,21-22H,10,15-17H2,1-3H3/t21-,22+/m1/s1. The number of hydrogen-bond donors (Lipinski definition) is 0. The van der Waals surface area contributed by atoms with Gasteiger partial charge in [0.25, 0.3) is 8.32 Å². The lowest BCUT2D eigenvalue weighted by molar-refractivity contribution is -0.145. The first-order valence-electron chi connectivity index (χ1n) is 10.3. The van der Waals surface area contributed by atoms with Crippen molar-refractivity contribution in [3.63, 3.8) is 0 Å². The maximum absolute atomic E-state index is 11.8. The molecular weight excluding hydrogens is 380 g/mol. The Kier molecular flexibility index (Phi) is 6.70. The molecule has 0 aromatic heterocycles. The van der Waals surface area contributed by atoms with Crippen molar-refractivity contribution in [2.75, 3.05) is 0 Å². The van der Waals surface area contributed by atoms with E-state index in [4.69, 9.17) is 9.16 Å². The Morgan fingerprint density at radius 1 is 1.07 bits per heavy atom. The fourth-order valence-electron chi connectivity index (χ4n) is 4.28. The molecule has 0 N–H and O–H groups in total. The minimum Gasteiger partial charge on any atom is -0.460 e. The van der Waals surface area contributed by atoms with Gasteiger partial charge >= 0.3 is 5.97 Å². The van der Waals surface area contributed by atoms with Crippen LogP contribution >= 0.6 is 0 Å². The number of aldehydes is 1. The van der Waals surface area contributed by atoms with Gasteiger partial charge in [-0.2, -0.15) is 0 Å². The van der Waals surface area contributed by atoms with Crippen LogP contribution in [0.5, 0.6) is 0 Å². The number of hydrogen-bond acceptors (Lipinski definition) is 4. The second kappa shape index (κ2) is 9.05.